The van der Waals surface area contributed by atoms with Crippen LogP contribution in [0.4, 0.5) is 0 Å². The molecule has 0 bridgehead atoms. The van der Waals surface area contributed by atoms with E-state index in [9.17, 15) is 0 Å². The summed E-state index contributed by atoms with van der Waals surface area (Å²) < 4.78 is 3.92. The molecule has 0 aliphatic rings. The number of allylic oxidation sites excluding steroid dienone is 1. The predicted molar refractivity (Wildman–Crippen MR) is 86.5 cm³/mol. The van der Waals surface area contributed by atoms with Crippen LogP contribution < -0.4 is 5.62 Å². The summed E-state index contributed by atoms with van der Waals surface area (Å²) in [4.78, 5) is 0. The monoisotopic (exact) mass is 297 g/mol. The molecule has 0 spiro atoms. The van der Waals surface area contributed by atoms with Gasteiger partial charge in [-0.3, -0.25) is 5.41 Å². The first-order chi connectivity index (χ1) is 10.2. The van der Waals surface area contributed by atoms with E-state index in [0.29, 0.717) is 18.7 Å². The van der Waals surface area contributed by atoms with Gasteiger partial charge in [-0.15, -0.1) is 6.58 Å². The molecule has 1 aromatic heterocycles. The molecule has 106 valence electrons. The SMILES string of the molecule is C=CCn1c(=N)n(Cc2ccccc2Cl)c2ccccc21. The highest BCUT2D eigenvalue weighted by atomic mass is 35.5. The molecule has 0 fully saturated rings. The fraction of sp³-hybridized carbons (Fsp3) is 0.118. The molecule has 0 saturated carbocycles. The van der Waals surface area contributed by atoms with E-state index in [1.807, 2.05) is 63.7 Å². The number of rotatable bonds is 4. The van der Waals surface area contributed by atoms with E-state index in [4.69, 9.17) is 17.0 Å². The Kier molecular flexibility index (Phi) is 3.67. The quantitative estimate of drug-likeness (QED) is 0.711. The number of fused-ring (bicyclic) bond motifs is 1. The van der Waals surface area contributed by atoms with Crippen LogP contribution >= 0.6 is 11.6 Å². The zero-order chi connectivity index (χ0) is 14.8. The smallest absolute Gasteiger partial charge is 0.203 e. The minimum Gasteiger partial charge on any atom is -0.307 e. The van der Waals surface area contributed by atoms with Crippen molar-refractivity contribution in [3.05, 3.63) is 77.4 Å². The molecule has 3 aromatic rings. The summed E-state index contributed by atoms with van der Waals surface area (Å²) >= 11 is 6.25. The maximum atomic E-state index is 8.43. The van der Waals surface area contributed by atoms with Gasteiger partial charge in [0.2, 0.25) is 5.62 Å². The Hall–Kier alpha value is -2.26. The summed E-state index contributed by atoms with van der Waals surface area (Å²) in [6.45, 7) is 4.98. The van der Waals surface area contributed by atoms with Crippen LogP contribution in [0.3, 0.4) is 0 Å². The molecule has 3 nitrogen and oxygen atoms in total. The van der Waals surface area contributed by atoms with E-state index in [-0.39, 0.29) is 0 Å². The molecule has 2 aromatic carbocycles. The molecule has 1 heterocycles. The van der Waals surface area contributed by atoms with Gasteiger partial charge in [-0.1, -0.05) is 48.0 Å². The van der Waals surface area contributed by atoms with Crippen molar-refractivity contribution in [3.8, 4) is 0 Å². The largest absolute Gasteiger partial charge is 0.307 e. The van der Waals surface area contributed by atoms with Crippen molar-refractivity contribution < 1.29 is 0 Å². The molecule has 0 atom stereocenters. The first kappa shape index (κ1) is 13.7. The number of nitrogens with one attached hydrogen (secondary N) is 1. The lowest BCUT2D eigenvalue weighted by molar-refractivity contribution is 0.671. The molecular weight excluding hydrogens is 282 g/mol. The molecule has 4 heteroatoms. The predicted octanol–water partition coefficient (Wildman–Crippen LogP) is 3.81. The zero-order valence-electron chi connectivity index (χ0n) is 11.6. The zero-order valence-corrected chi connectivity index (χ0v) is 12.3. The summed E-state index contributed by atoms with van der Waals surface area (Å²) in [6.07, 6.45) is 1.81. The molecule has 0 amide bonds. The van der Waals surface area contributed by atoms with Gasteiger partial charge in [-0.25, -0.2) is 0 Å². The van der Waals surface area contributed by atoms with Gasteiger partial charge in [0.25, 0.3) is 0 Å². The van der Waals surface area contributed by atoms with E-state index < -0.39 is 0 Å². The molecular formula is C17H16ClN3. The Bertz CT molecular complexity index is 858. The van der Waals surface area contributed by atoms with Crippen LogP contribution in [0, 0.1) is 5.41 Å². The first-order valence-electron chi connectivity index (χ1n) is 6.79. The Morgan fingerprint density at radius 1 is 1.00 bits per heavy atom. The summed E-state index contributed by atoms with van der Waals surface area (Å²) in [5.74, 6) is 0. The van der Waals surface area contributed by atoms with E-state index in [1.165, 1.54) is 0 Å². The van der Waals surface area contributed by atoms with Crippen LogP contribution in [-0.4, -0.2) is 9.13 Å². The van der Waals surface area contributed by atoms with Crippen molar-refractivity contribution in [3.63, 3.8) is 0 Å². The molecule has 0 aliphatic heterocycles. The summed E-state index contributed by atoms with van der Waals surface area (Å²) in [5.41, 5.74) is 3.54. The molecule has 3 rings (SSSR count). The second-order valence-corrected chi connectivity index (χ2v) is 5.30. The van der Waals surface area contributed by atoms with Crippen LogP contribution in [0.25, 0.3) is 11.0 Å². The third-order valence-corrected chi connectivity index (χ3v) is 3.94. The van der Waals surface area contributed by atoms with E-state index in [1.54, 1.807) is 0 Å². The van der Waals surface area contributed by atoms with Gasteiger partial charge in [-0.2, -0.15) is 0 Å². The van der Waals surface area contributed by atoms with Crippen molar-refractivity contribution in [1.82, 2.24) is 9.13 Å². The van der Waals surface area contributed by atoms with E-state index in [0.717, 1.165) is 21.6 Å². The van der Waals surface area contributed by atoms with E-state index >= 15 is 0 Å². The van der Waals surface area contributed by atoms with Crippen molar-refractivity contribution in [2.75, 3.05) is 0 Å². The lowest BCUT2D eigenvalue weighted by Crippen LogP contribution is -2.24. The fourth-order valence-electron chi connectivity index (χ4n) is 2.57. The van der Waals surface area contributed by atoms with Gasteiger partial charge in [0.1, 0.15) is 0 Å². The van der Waals surface area contributed by atoms with Crippen molar-refractivity contribution in [2.24, 2.45) is 0 Å². The fourth-order valence-corrected chi connectivity index (χ4v) is 2.76. The highest BCUT2D eigenvalue weighted by Crippen LogP contribution is 2.19. The maximum absolute atomic E-state index is 8.43. The number of para-hydroxylation sites is 2. The van der Waals surface area contributed by atoms with Gasteiger partial charge in [0.15, 0.2) is 0 Å². The van der Waals surface area contributed by atoms with Gasteiger partial charge >= 0.3 is 0 Å². The highest BCUT2D eigenvalue weighted by molar-refractivity contribution is 6.31. The third kappa shape index (κ3) is 2.41. The van der Waals surface area contributed by atoms with Crippen molar-refractivity contribution in [1.29, 1.82) is 5.41 Å². The Morgan fingerprint density at radius 2 is 1.62 bits per heavy atom. The standard InChI is InChI=1S/C17H16ClN3/c1-2-11-20-15-9-5-6-10-16(15)21(17(20)19)12-13-7-3-4-8-14(13)18/h2-10,19H,1,11-12H2. The number of hydrogen-bond donors (Lipinski definition) is 1. The molecule has 0 saturated heterocycles. The maximum Gasteiger partial charge on any atom is 0.203 e. The number of benzene rings is 2. The average Bonchev–Trinajstić information content (AvgIpc) is 2.76. The topological polar surface area (TPSA) is 33.7 Å². The van der Waals surface area contributed by atoms with E-state index in [2.05, 4.69) is 6.58 Å². The van der Waals surface area contributed by atoms with Crippen LogP contribution in [0.2, 0.25) is 5.02 Å². The molecule has 0 radical (unpaired) electrons. The number of nitrogens with zero attached hydrogens (tertiary/aromatic N) is 2. The molecule has 21 heavy (non-hydrogen) atoms. The third-order valence-electron chi connectivity index (χ3n) is 3.57. The van der Waals surface area contributed by atoms with Crippen LogP contribution in [-0.2, 0) is 13.1 Å². The molecule has 1 N–H and O–H groups in total. The van der Waals surface area contributed by atoms with Crippen LogP contribution in [0.15, 0.2) is 61.2 Å². The highest BCUT2D eigenvalue weighted by Gasteiger charge is 2.10. The summed E-state index contributed by atoms with van der Waals surface area (Å²) in [5, 5.41) is 9.16. The second kappa shape index (κ2) is 5.62. The summed E-state index contributed by atoms with van der Waals surface area (Å²) in [7, 11) is 0. The number of hydrogen-bond acceptors (Lipinski definition) is 1. The average molecular weight is 298 g/mol. The number of halogens is 1. The minimum absolute atomic E-state index is 0.455. The number of imidazole rings is 1. The summed E-state index contributed by atoms with van der Waals surface area (Å²) in [6, 6.07) is 15.8. The van der Waals surface area contributed by atoms with Gasteiger partial charge < -0.3 is 9.13 Å². The number of aromatic nitrogens is 2. The van der Waals surface area contributed by atoms with Crippen LogP contribution in [0.1, 0.15) is 5.56 Å². The van der Waals surface area contributed by atoms with Crippen molar-refractivity contribution in [2.45, 2.75) is 13.1 Å². The van der Waals surface area contributed by atoms with Gasteiger partial charge in [0, 0.05) is 11.6 Å². The van der Waals surface area contributed by atoms with Gasteiger partial charge in [-0.05, 0) is 23.8 Å². The Balaban J connectivity index is 2.19. The minimum atomic E-state index is 0.455. The lowest BCUT2D eigenvalue weighted by atomic mass is 10.2. The molecule has 0 aliphatic carbocycles. The Morgan fingerprint density at radius 3 is 2.29 bits per heavy atom. The first-order valence-corrected chi connectivity index (χ1v) is 7.17. The lowest BCUT2D eigenvalue weighted by Gasteiger charge is -2.06. The van der Waals surface area contributed by atoms with Gasteiger partial charge in [0.05, 0.1) is 17.6 Å². The Labute approximate surface area is 128 Å². The normalized spacial score (nSPS) is 10.9. The molecule has 0 unspecified atom stereocenters. The van der Waals surface area contributed by atoms with Crippen molar-refractivity contribution >= 4 is 22.6 Å². The second-order valence-electron chi connectivity index (χ2n) is 4.89. The van der Waals surface area contributed by atoms with Crippen LogP contribution in [0.5, 0.6) is 0 Å².